The van der Waals surface area contributed by atoms with E-state index in [9.17, 15) is 4.79 Å². The lowest BCUT2D eigenvalue weighted by Gasteiger charge is -2.07. The number of nitrogens with one attached hydrogen (secondary N) is 1. The van der Waals surface area contributed by atoms with Crippen LogP contribution in [0.1, 0.15) is 10.4 Å². The minimum atomic E-state index is -0.135. The molecule has 0 saturated carbocycles. The van der Waals surface area contributed by atoms with E-state index in [1.807, 2.05) is 18.4 Å². The molecule has 2 rings (SSSR count). The Morgan fingerprint density at radius 3 is 2.68 bits per heavy atom. The molecule has 1 heterocycles. The summed E-state index contributed by atoms with van der Waals surface area (Å²) in [4.78, 5) is 12.8. The summed E-state index contributed by atoms with van der Waals surface area (Å²) in [6, 6.07) is 9.00. The molecule has 1 amide bonds. The van der Waals surface area contributed by atoms with Crippen LogP contribution in [0.5, 0.6) is 5.75 Å². The van der Waals surface area contributed by atoms with Crippen LogP contribution in [0.25, 0.3) is 0 Å². The summed E-state index contributed by atoms with van der Waals surface area (Å²) in [5.41, 5.74) is 7.44. The van der Waals surface area contributed by atoms with E-state index < -0.39 is 0 Å². The highest BCUT2D eigenvalue weighted by molar-refractivity contribution is 7.10. The molecule has 0 radical (unpaired) electrons. The van der Waals surface area contributed by atoms with Crippen molar-refractivity contribution < 1.29 is 9.53 Å². The van der Waals surface area contributed by atoms with Crippen LogP contribution in [0.2, 0.25) is 0 Å². The van der Waals surface area contributed by atoms with E-state index in [2.05, 4.69) is 5.32 Å². The molecule has 3 N–H and O–H groups in total. The van der Waals surface area contributed by atoms with Gasteiger partial charge >= 0.3 is 0 Å². The van der Waals surface area contributed by atoms with Gasteiger partial charge in [-0.2, -0.15) is 0 Å². The fraction of sp³-hybridized carbons (Fsp3) is 0.214. The zero-order chi connectivity index (χ0) is 13.7. The number of aryl methyl sites for hydroxylation is 1. The van der Waals surface area contributed by atoms with Crippen LogP contribution in [0.4, 0.5) is 5.69 Å². The van der Waals surface area contributed by atoms with Crippen LogP contribution in [-0.4, -0.2) is 12.5 Å². The van der Waals surface area contributed by atoms with E-state index in [4.69, 9.17) is 10.5 Å². The van der Waals surface area contributed by atoms with Crippen LogP contribution in [0.3, 0.4) is 0 Å². The fourth-order valence-electron chi connectivity index (χ4n) is 1.53. The van der Waals surface area contributed by atoms with Crippen molar-refractivity contribution in [2.45, 2.75) is 13.5 Å². The molecular formula is C14H16N2O2S. The highest BCUT2D eigenvalue weighted by Gasteiger charge is 2.05. The Morgan fingerprint density at radius 1 is 1.32 bits per heavy atom. The first-order valence-corrected chi connectivity index (χ1v) is 6.81. The molecule has 100 valence electrons. The van der Waals surface area contributed by atoms with E-state index in [-0.39, 0.29) is 12.5 Å². The Hall–Kier alpha value is -2.01. The molecule has 0 aliphatic heterocycles. The maximum atomic E-state index is 11.6. The second kappa shape index (κ2) is 6.24. The van der Waals surface area contributed by atoms with Gasteiger partial charge in [0.15, 0.2) is 6.61 Å². The van der Waals surface area contributed by atoms with E-state index in [1.54, 1.807) is 35.6 Å². The molecule has 0 atom stereocenters. The molecule has 0 unspecified atom stereocenters. The highest BCUT2D eigenvalue weighted by Crippen LogP contribution is 2.15. The standard InChI is InChI=1S/C14H16N2O2S/c1-10-6-7-19-13(10)8-16-14(17)9-18-12-4-2-11(15)3-5-12/h2-7H,8-9,15H2,1H3,(H,16,17). The molecule has 0 aliphatic rings. The number of amides is 1. The summed E-state index contributed by atoms with van der Waals surface area (Å²) >= 11 is 1.64. The summed E-state index contributed by atoms with van der Waals surface area (Å²) in [5, 5.41) is 4.84. The van der Waals surface area contributed by atoms with Gasteiger partial charge in [0.2, 0.25) is 0 Å². The summed E-state index contributed by atoms with van der Waals surface area (Å²) in [5.74, 6) is 0.501. The van der Waals surface area contributed by atoms with Crippen molar-refractivity contribution in [2.75, 3.05) is 12.3 Å². The average molecular weight is 276 g/mol. The van der Waals surface area contributed by atoms with Gasteiger partial charge in [0.1, 0.15) is 5.75 Å². The highest BCUT2D eigenvalue weighted by atomic mass is 32.1. The van der Waals surface area contributed by atoms with Gasteiger partial charge in [-0.25, -0.2) is 0 Å². The Balaban J connectivity index is 1.76. The maximum absolute atomic E-state index is 11.6. The zero-order valence-electron chi connectivity index (χ0n) is 10.7. The second-order valence-electron chi connectivity index (χ2n) is 4.16. The minimum Gasteiger partial charge on any atom is -0.484 e. The number of thiophene rings is 1. The first kappa shape index (κ1) is 13.4. The lowest BCUT2D eigenvalue weighted by atomic mass is 10.3. The van der Waals surface area contributed by atoms with Gasteiger partial charge in [-0.1, -0.05) is 0 Å². The number of rotatable bonds is 5. The van der Waals surface area contributed by atoms with Crippen molar-refractivity contribution in [1.29, 1.82) is 0 Å². The maximum Gasteiger partial charge on any atom is 0.258 e. The number of carbonyl (C=O) groups is 1. The third-order valence-corrected chi connectivity index (χ3v) is 3.69. The van der Waals surface area contributed by atoms with Crippen LogP contribution >= 0.6 is 11.3 Å². The Bertz CT molecular complexity index is 549. The summed E-state index contributed by atoms with van der Waals surface area (Å²) in [7, 11) is 0. The number of anilines is 1. The predicted octanol–water partition coefficient (Wildman–Crippen LogP) is 2.33. The predicted molar refractivity (Wildman–Crippen MR) is 77.3 cm³/mol. The van der Waals surface area contributed by atoms with Gasteiger partial charge in [-0.15, -0.1) is 11.3 Å². The SMILES string of the molecule is Cc1ccsc1CNC(=O)COc1ccc(N)cc1. The summed E-state index contributed by atoms with van der Waals surface area (Å²) in [6.07, 6.45) is 0. The number of carbonyl (C=O) groups excluding carboxylic acids is 1. The van der Waals surface area contributed by atoms with Gasteiger partial charge in [0, 0.05) is 10.6 Å². The molecule has 19 heavy (non-hydrogen) atoms. The van der Waals surface area contributed by atoms with Crippen LogP contribution in [0, 0.1) is 6.92 Å². The van der Waals surface area contributed by atoms with Gasteiger partial charge in [0.05, 0.1) is 6.54 Å². The fourth-order valence-corrected chi connectivity index (χ4v) is 2.37. The lowest BCUT2D eigenvalue weighted by Crippen LogP contribution is -2.28. The van der Waals surface area contributed by atoms with Crippen LogP contribution in [0.15, 0.2) is 35.7 Å². The first-order chi connectivity index (χ1) is 9.15. The number of nitrogens with two attached hydrogens (primary N) is 1. The van der Waals surface area contributed by atoms with E-state index in [0.29, 0.717) is 18.0 Å². The lowest BCUT2D eigenvalue weighted by molar-refractivity contribution is -0.123. The molecule has 0 spiro atoms. The van der Waals surface area contributed by atoms with E-state index in [0.717, 1.165) is 0 Å². The second-order valence-corrected chi connectivity index (χ2v) is 5.16. The molecule has 1 aromatic heterocycles. The smallest absolute Gasteiger partial charge is 0.258 e. The van der Waals surface area contributed by atoms with Gasteiger partial charge in [-0.3, -0.25) is 4.79 Å². The third kappa shape index (κ3) is 3.99. The molecule has 5 heteroatoms. The van der Waals surface area contributed by atoms with Gasteiger partial charge in [0.25, 0.3) is 5.91 Å². The summed E-state index contributed by atoms with van der Waals surface area (Å²) < 4.78 is 5.36. The van der Waals surface area contributed by atoms with Crippen molar-refractivity contribution in [1.82, 2.24) is 5.32 Å². The molecular weight excluding hydrogens is 260 g/mol. The zero-order valence-corrected chi connectivity index (χ0v) is 11.5. The average Bonchev–Trinajstić information content (AvgIpc) is 2.81. The molecule has 0 aliphatic carbocycles. The number of benzene rings is 1. The minimum absolute atomic E-state index is 0.00827. The molecule has 0 saturated heterocycles. The number of hydrogen-bond acceptors (Lipinski definition) is 4. The van der Waals surface area contributed by atoms with Crippen molar-refractivity contribution in [3.8, 4) is 5.75 Å². The normalized spacial score (nSPS) is 10.2. The molecule has 1 aromatic carbocycles. The molecule has 0 bridgehead atoms. The molecule has 0 fully saturated rings. The number of hydrogen-bond donors (Lipinski definition) is 2. The molecule has 4 nitrogen and oxygen atoms in total. The summed E-state index contributed by atoms with van der Waals surface area (Å²) in [6.45, 7) is 2.59. The van der Waals surface area contributed by atoms with E-state index >= 15 is 0 Å². The van der Waals surface area contributed by atoms with Crippen molar-refractivity contribution in [3.05, 3.63) is 46.2 Å². The van der Waals surface area contributed by atoms with Crippen LogP contribution in [-0.2, 0) is 11.3 Å². The largest absolute Gasteiger partial charge is 0.484 e. The van der Waals surface area contributed by atoms with Gasteiger partial charge in [-0.05, 0) is 48.2 Å². The quantitative estimate of drug-likeness (QED) is 0.824. The third-order valence-electron chi connectivity index (χ3n) is 2.66. The Kier molecular flexibility index (Phi) is 4.41. The van der Waals surface area contributed by atoms with Crippen molar-refractivity contribution in [2.24, 2.45) is 0 Å². The monoisotopic (exact) mass is 276 g/mol. The Morgan fingerprint density at radius 2 is 2.05 bits per heavy atom. The van der Waals surface area contributed by atoms with Crippen molar-refractivity contribution >= 4 is 22.9 Å². The molecule has 2 aromatic rings. The van der Waals surface area contributed by atoms with Crippen LogP contribution < -0.4 is 15.8 Å². The first-order valence-electron chi connectivity index (χ1n) is 5.93. The topological polar surface area (TPSA) is 64.3 Å². The number of ether oxygens (including phenoxy) is 1. The number of nitrogen functional groups attached to an aromatic ring is 1. The Labute approximate surface area is 116 Å². The van der Waals surface area contributed by atoms with Gasteiger partial charge < -0.3 is 15.8 Å². The van der Waals surface area contributed by atoms with Crippen molar-refractivity contribution in [3.63, 3.8) is 0 Å². The van der Waals surface area contributed by atoms with E-state index in [1.165, 1.54) is 10.4 Å².